The van der Waals surface area contributed by atoms with Gasteiger partial charge in [0, 0.05) is 5.56 Å². The molecule has 0 radical (unpaired) electrons. The molecule has 2 nitrogen and oxygen atoms in total. The highest BCUT2D eigenvalue weighted by Gasteiger charge is 2.37. The largest absolute Gasteiger partial charge is 0.478 e. The third-order valence-electron chi connectivity index (χ3n) is 6.15. The van der Waals surface area contributed by atoms with Gasteiger partial charge in [0.1, 0.15) is 11.6 Å². The van der Waals surface area contributed by atoms with Gasteiger partial charge in [0.15, 0.2) is 0 Å². The smallest absolute Gasteiger partial charge is 0.335 e. The SMILES string of the molecule is CCCC1CCC2CC(c3c(F)cc(C(=O)O)cc3F)CCC2C1. The zero-order valence-electron chi connectivity index (χ0n) is 14.2. The number of carbonyl (C=O) groups is 1. The van der Waals surface area contributed by atoms with E-state index in [1.807, 2.05) is 0 Å². The maximum Gasteiger partial charge on any atom is 0.335 e. The van der Waals surface area contributed by atoms with Crippen molar-refractivity contribution < 1.29 is 18.7 Å². The molecule has 0 heterocycles. The van der Waals surface area contributed by atoms with Gasteiger partial charge in [0.25, 0.3) is 0 Å². The van der Waals surface area contributed by atoms with E-state index < -0.39 is 17.6 Å². The minimum absolute atomic E-state index is 0.106. The second-order valence-electron chi connectivity index (χ2n) is 7.66. The lowest BCUT2D eigenvalue weighted by Gasteiger charge is -2.42. The lowest BCUT2D eigenvalue weighted by atomic mass is 9.63. The molecule has 2 saturated carbocycles. The van der Waals surface area contributed by atoms with Crippen LogP contribution < -0.4 is 0 Å². The van der Waals surface area contributed by atoms with Crippen LogP contribution in [0.5, 0.6) is 0 Å². The zero-order chi connectivity index (χ0) is 17.3. The maximum absolute atomic E-state index is 14.3. The number of hydrogen-bond acceptors (Lipinski definition) is 1. The van der Waals surface area contributed by atoms with Gasteiger partial charge in [-0.2, -0.15) is 0 Å². The Bertz CT molecular complexity index is 591. The molecule has 0 aromatic heterocycles. The fourth-order valence-electron chi connectivity index (χ4n) is 5.02. The monoisotopic (exact) mass is 336 g/mol. The molecule has 1 aromatic rings. The Hall–Kier alpha value is -1.45. The summed E-state index contributed by atoms with van der Waals surface area (Å²) in [5.74, 6) is -0.706. The van der Waals surface area contributed by atoms with Gasteiger partial charge in [-0.05, 0) is 67.9 Å². The molecule has 3 rings (SSSR count). The Kier molecular flexibility index (Phi) is 5.21. The van der Waals surface area contributed by atoms with Crippen LogP contribution in [0.2, 0.25) is 0 Å². The second kappa shape index (κ2) is 7.20. The predicted molar refractivity (Wildman–Crippen MR) is 89.1 cm³/mol. The van der Waals surface area contributed by atoms with Gasteiger partial charge in [-0.3, -0.25) is 0 Å². The summed E-state index contributed by atoms with van der Waals surface area (Å²) in [5.41, 5.74) is -0.211. The predicted octanol–water partition coefficient (Wildman–Crippen LogP) is 5.76. The molecule has 0 aliphatic heterocycles. The van der Waals surface area contributed by atoms with E-state index in [1.54, 1.807) is 0 Å². The quantitative estimate of drug-likeness (QED) is 0.758. The van der Waals surface area contributed by atoms with Crippen LogP contribution in [-0.4, -0.2) is 11.1 Å². The van der Waals surface area contributed by atoms with Crippen molar-refractivity contribution in [3.05, 3.63) is 34.9 Å². The van der Waals surface area contributed by atoms with E-state index in [2.05, 4.69) is 6.92 Å². The molecule has 132 valence electrons. The van der Waals surface area contributed by atoms with E-state index >= 15 is 0 Å². The van der Waals surface area contributed by atoms with Crippen LogP contribution in [0.1, 0.15) is 80.1 Å². The van der Waals surface area contributed by atoms with Gasteiger partial charge in [0.05, 0.1) is 5.56 Å². The fraction of sp³-hybridized carbons (Fsp3) is 0.650. The fourth-order valence-corrected chi connectivity index (χ4v) is 5.02. The van der Waals surface area contributed by atoms with Crippen molar-refractivity contribution in [2.24, 2.45) is 17.8 Å². The molecular formula is C20H26F2O2. The molecule has 1 N–H and O–H groups in total. The first-order valence-electron chi connectivity index (χ1n) is 9.21. The molecule has 1 aromatic carbocycles. The van der Waals surface area contributed by atoms with Gasteiger partial charge < -0.3 is 5.11 Å². The summed E-state index contributed by atoms with van der Waals surface area (Å²) >= 11 is 0. The van der Waals surface area contributed by atoms with Crippen LogP contribution in [0, 0.1) is 29.4 Å². The normalized spacial score (nSPS) is 30.0. The van der Waals surface area contributed by atoms with Crippen LogP contribution in [0.15, 0.2) is 12.1 Å². The minimum Gasteiger partial charge on any atom is -0.478 e. The molecule has 0 bridgehead atoms. The zero-order valence-corrected chi connectivity index (χ0v) is 14.2. The van der Waals surface area contributed by atoms with Gasteiger partial charge in [-0.25, -0.2) is 13.6 Å². The van der Waals surface area contributed by atoms with Crippen molar-refractivity contribution in [1.29, 1.82) is 0 Å². The summed E-state index contributed by atoms with van der Waals surface area (Å²) in [6, 6.07) is 1.93. The molecule has 4 atom stereocenters. The number of benzene rings is 1. The van der Waals surface area contributed by atoms with Crippen LogP contribution in [0.25, 0.3) is 0 Å². The van der Waals surface area contributed by atoms with Crippen LogP contribution in [-0.2, 0) is 0 Å². The van der Waals surface area contributed by atoms with Crippen molar-refractivity contribution in [1.82, 2.24) is 0 Å². The molecular weight excluding hydrogens is 310 g/mol. The first-order valence-corrected chi connectivity index (χ1v) is 9.21. The van der Waals surface area contributed by atoms with Crippen LogP contribution >= 0.6 is 0 Å². The highest BCUT2D eigenvalue weighted by molar-refractivity contribution is 5.87. The molecule has 2 aliphatic rings. The Morgan fingerprint density at radius 3 is 2.33 bits per heavy atom. The Balaban J connectivity index is 1.73. The van der Waals surface area contributed by atoms with Crippen molar-refractivity contribution in [3.63, 3.8) is 0 Å². The lowest BCUT2D eigenvalue weighted by Crippen LogP contribution is -2.31. The number of halogens is 2. The van der Waals surface area contributed by atoms with Gasteiger partial charge in [0.2, 0.25) is 0 Å². The van der Waals surface area contributed by atoms with Gasteiger partial charge in [-0.1, -0.05) is 26.2 Å². The van der Waals surface area contributed by atoms with E-state index in [-0.39, 0.29) is 17.0 Å². The Morgan fingerprint density at radius 2 is 1.71 bits per heavy atom. The van der Waals surface area contributed by atoms with E-state index in [0.717, 1.165) is 37.3 Å². The summed E-state index contributed by atoms with van der Waals surface area (Å²) in [4.78, 5) is 10.9. The van der Waals surface area contributed by atoms with Gasteiger partial charge in [-0.15, -0.1) is 0 Å². The first kappa shape index (κ1) is 17.4. The molecule has 0 spiro atoms. The molecule has 4 heteroatoms. The van der Waals surface area contributed by atoms with Crippen molar-refractivity contribution >= 4 is 5.97 Å². The minimum atomic E-state index is -1.29. The Labute approximate surface area is 142 Å². The highest BCUT2D eigenvalue weighted by atomic mass is 19.1. The number of aromatic carboxylic acids is 1. The summed E-state index contributed by atoms with van der Waals surface area (Å²) in [6.45, 7) is 2.23. The summed E-state index contributed by atoms with van der Waals surface area (Å²) < 4.78 is 28.7. The van der Waals surface area contributed by atoms with E-state index in [1.165, 1.54) is 32.1 Å². The summed E-state index contributed by atoms with van der Waals surface area (Å²) in [6.07, 6.45) is 8.89. The Morgan fingerprint density at radius 1 is 1.08 bits per heavy atom. The second-order valence-corrected chi connectivity index (χ2v) is 7.66. The molecule has 4 unspecified atom stereocenters. The molecule has 2 fully saturated rings. The average Bonchev–Trinajstić information content (AvgIpc) is 2.54. The summed E-state index contributed by atoms with van der Waals surface area (Å²) in [5, 5.41) is 8.92. The van der Waals surface area contributed by atoms with E-state index in [4.69, 9.17) is 5.11 Å². The number of carboxylic acids is 1. The van der Waals surface area contributed by atoms with Crippen molar-refractivity contribution in [2.75, 3.05) is 0 Å². The number of carboxylic acid groups (broad SMARTS) is 1. The molecule has 2 aliphatic carbocycles. The number of rotatable bonds is 4. The standard InChI is InChI=1S/C20H26F2O2/c1-2-3-12-4-5-14-9-15(7-6-13(14)8-12)19-17(21)10-16(20(23)24)11-18(19)22/h10-15H,2-9H2,1H3,(H,23,24). The van der Waals surface area contributed by atoms with Crippen LogP contribution in [0.4, 0.5) is 8.78 Å². The number of fused-ring (bicyclic) bond motifs is 1. The van der Waals surface area contributed by atoms with E-state index in [9.17, 15) is 13.6 Å². The van der Waals surface area contributed by atoms with Crippen LogP contribution in [0.3, 0.4) is 0 Å². The molecule has 0 saturated heterocycles. The van der Waals surface area contributed by atoms with E-state index in [0.29, 0.717) is 11.8 Å². The third-order valence-corrected chi connectivity index (χ3v) is 6.15. The lowest BCUT2D eigenvalue weighted by molar-refractivity contribution is 0.0695. The first-order chi connectivity index (χ1) is 11.5. The summed E-state index contributed by atoms with van der Waals surface area (Å²) in [7, 11) is 0. The highest BCUT2D eigenvalue weighted by Crippen LogP contribution is 2.49. The third kappa shape index (κ3) is 3.47. The maximum atomic E-state index is 14.3. The van der Waals surface area contributed by atoms with Crippen molar-refractivity contribution in [3.8, 4) is 0 Å². The topological polar surface area (TPSA) is 37.3 Å². The number of hydrogen-bond donors (Lipinski definition) is 1. The molecule has 24 heavy (non-hydrogen) atoms. The average molecular weight is 336 g/mol. The molecule has 0 amide bonds. The van der Waals surface area contributed by atoms with Gasteiger partial charge >= 0.3 is 5.97 Å². The van der Waals surface area contributed by atoms with Crippen molar-refractivity contribution in [2.45, 2.75) is 64.2 Å².